The van der Waals surface area contributed by atoms with Gasteiger partial charge in [-0.05, 0) is 48.5 Å². The summed E-state index contributed by atoms with van der Waals surface area (Å²) in [6.07, 6.45) is 0. The summed E-state index contributed by atoms with van der Waals surface area (Å²) in [5.41, 5.74) is 1.49. The first kappa shape index (κ1) is 12.1. The molecule has 18 heavy (non-hydrogen) atoms. The molecule has 0 heterocycles. The molecule has 0 atom stereocenters. The maximum atomic E-state index is 5.06. The zero-order valence-electron chi connectivity index (χ0n) is 9.91. The van der Waals surface area contributed by atoms with Crippen LogP contribution in [0.2, 0.25) is 0 Å². The lowest BCUT2D eigenvalue weighted by atomic mass is 10.3. The van der Waals surface area contributed by atoms with Crippen molar-refractivity contribution in [2.24, 2.45) is 16.1 Å². The fourth-order valence-electron chi connectivity index (χ4n) is 1.36. The third kappa shape index (κ3) is 3.05. The zero-order valence-corrected chi connectivity index (χ0v) is 9.91. The van der Waals surface area contributed by atoms with E-state index in [0.717, 1.165) is 17.1 Å². The number of nitrogens with two attached hydrogens (primary N) is 1. The number of azo groups is 1. The van der Waals surface area contributed by atoms with Gasteiger partial charge in [-0.25, -0.2) is 0 Å². The number of rotatable bonds is 4. The van der Waals surface area contributed by atoms with E-state index in [1.165, 1.54) is 0 Å². The predicted octanol–water partition coefficient (Wildman–Crippen LogP) is 3.36. The largest absolute Gasteiger partial charge is 0.497 e. The minimum Gasteiger partial charge on any atom is -0.497 e. The highest BCUT2D eigenvalue weighted by Gasteiger charge is 1.94. The van der Waals surface area contributed by atoms with Crippen LogP contribution in [0.1, 0.15) is 0 Å². The van der Waals surface area contributed by atoms with Gasteiger partial charge in [0.2, 0.25) is 0 Å². The lowest BCUT2D eigenvalue weighted by molar-refractivity contribution is 0.334. The topological polar surface area (TPSA) is 69.2 Å². The Kier molecular flexibility index (Phi) is 3.88. The fourth-order valence-corrected chi connectivity index (χ4v) is 1.36. The minimum atomic E-state index is 0.582. The molecule has 0 saturated heterocycles. The second kappa shape index (κ2) is 5.79. The van der Waals surface area contributed by atoms with Crippen LogP contribution in [0, 0.1) is 0 Å². The van der Waals surface area contributed by atoms with Crippen LogP contribution in [0.3, 0.4) is 0 Å². The Morgan fingerprint density at radius 3 is 1.61 bits per heavy atom. The van der Waals surface area contributed by atoms with Gasteiger partial charge in [0.15, 0.2) is 0 Å². The average Bonchev–Trinajstić information content (AvgIpc) is 2.46. The Hall–Kier alpha value is -2.40. The molecule has 0 bridgehead atoms. The summed E-state index contributed by atoms with van der Waals surface area (Å²) in [4.78, 5) is 4.57. The van der Waals surface area contributed by atoms with Crippen molar-refractivity contribution in [3.8, 4) is 11.5 Å². The lowest BCUT2D eigenvalue weighted by Crippen LogP contribution is -2.00. The van der Waals surface area contributed by atoms with Gasteiger partial charge >= 0.3 is 0 Å². The second-order valence-electron chi connectivity index (χ2n) is 3.51. The smallest absolute Gasteiger partial charge is 0.146 e. The van der Waals surface area contributed by atoms with Crippen LogP contribution in [0.4, 0.5) is 11.4 Å². The molecule has 2 aromatic carbocycles. The number of benzene rings is 2. The van der Waals surface area contributed by atoms with Crippen molar-refractivity contribution < 1.29 is 9.57 Å². The van der Waals surface area contributed by atoms with E-state index in [0.29, 0.717) is 5.75 Å². The number of methoxy groups -OCH3 is 1. The highest BCUT2D eigenvalue weighted by Crippen LogP contribution is 2.22. The van der Waals surface area contributed by atoms with Gasteiger partial charge in [-0.15, -0.1) is 0 Å². The van der Waals surface area contributed by atoms with Crippen molar-refractivity contribution in [2.45, 2.75) is 0 Å². The first-order chi connectivity index (χ1) is 8.81. The third-order valence-electron chi connectivity index (χ3n) is 2.33. The summed E-state index contributed by atoms with van der Waals surface area (Å²) in [6, 6.07) is 14.3. The molecule has 0 aromatic heterocycles. The molecule has 0 fully saturated rings. The molecule has 2 aromatic rings. The van der Waals surface area contributed by atoms with E-state index >= 15 is 0 Å². The molecule has 0 aliphatic rings. The predicted molar refractivity (Wildman–Crippen MR) is 68.4 cm³/mol. The summed E-state index contributed by atoms with van der Waals surface area (Å²) in [7, 11) is 1.62. The van der Waals surface area contributed by atoms with Crippen molar-refractivity contribution in [3.63, 3.8) is 0 Å². The maximum absolute atomic E-state index is 5.06. The number of hydrogen-bond donors (Lipinski definition) is 1. The maximum Gasteiger partial charge on any atom is 0.146 e. The highest BCUT2D eigenvalue weighted by molar-refractivity contribution is 5.44. The molecule has 5 heteroatoms. The summed E-state index contributed by atoms with van der Waals surface area (Å²) in [5.74, 6) is 6.40. The molecule has 0 aliphatic carbocycles. The van der Waals surface area contributed by atoms with Crippen molar-refractivity contribution in [3.05, 3.63) is 48.5 Å². The van der Waals surface area contributed by atoms with E-state index in [-0.39, 0.29) is 0 Å². The monoisotopic (exact) mass is 243 g/mol. The molecule has 0 amide bonds. The van der Waals surface area contributed by atoms with Crippen LogP contribution >= 0.6 is 0 Å². The summed E-state index contributed by atoms with van der Waals surface area (Å²) >= 11 is 0. The number of ether oxygens (including phenoxy) is 1. The molecule has 5 nitrogen and oxygen atoms in total. The van der Waals surface area contributed by atoms with E-state index in [2.05, 4.69) is 15.1 Å². The van der Waals surface area contributed by atoms with Crippen molar-refractivity contribution in [2.75, 3.05) is 7.11 Å². The SMILES string of the molecule is COc1ccc(/N=N\c2ccc(ON)cc2)cc1. The first-order valence-electron chi connectivity index (χ1n) is 5.34. The minimum absolute atomic E-state index is 0.582. The Labute approximate surface area is 105 Å². The van der Waals surface area contributed by atoms with E-state index in [1.54, 1.807) is 31.4 Å². The summed E-state index contributed by atoms with van der Waals surface area (Å²) < 4.78 is 5.06. The van der Waals surface area contributed by atoms with Gasteiger partial charge in [0, 0.05) is 0 Å². The van der Waals surface area contributed by atoms with E-state index < -0.39 is 0 Å². The fraction of sp³-hybridized carbons (Fsp3) is 0.0769. The number of hydrogen-bond acceptors (Lipinski definition) is 5. The molecule has 2 rings (SSSR count). The van der Waals surface area contributed by atoms with Gasteiger partial charge in [0.25, 0.3) is 0 Å². The van der Waals surface area contributed by atoms with Crippen molar-refractivity contribution in [1.29, 1.82) is 0 Å². The Balaban J connectivity index is 2.08. The summed E-state index contributed by atoms with van der Waals surface area (Å²) in [5, 5.41) is 8.20. The normalized spacial score (nSPS) is 10.6. The lowest BCUT2D eigenvalue weighted by Gasteiger charge is -1.99. The Bertz CT molecular complexity index is 471. The van der Waals surface area contributed by atoms with Crippen molar-refractivity contribution in [1.82, 2.24) is 0 Å². The van der Waals surface area contributed by atoms with Gasteiger partial charge in [-0.3, -0.25) is 0 Å². The molecular weight excluding hydrogens is 230 g/mol. The van der Waals surface area contributed by atoms with Crippen LogP contribution in [-0.2, 0) is 0 Å². The molecule has 2 N–H and O–H groups in total. The van der Waals surface area contributed by atoms with Gasteiger partial charge in [0.05, 0.1) is 18.5 Å². The second-order valence-corrected chi connectivity index (χ2v) is 3.51. The quantitative estimate of drug-likeness (QED) is 0.661. The van der Waals surface area contributed by atoms with Crippen molar-refractivity contribution >= 4 is 11.4 Å². The van der Waals surface area contributed by atoms with Crippen LogP contribution < -0.4 is 15.5 Å². The van der Waals surface area contributed by atoms with Crippen LogP contribution in [0.5, 0.6) is 11.5 Å². The molecule has 0 aliphatic heterocycles. The van der Waals surface area contributed by atoms with Gasteiger partial charge in [0.1, 0.15) is 11.5 Å². The van der Waals surface area contributed by atoms with Crippen LogP contribution in [-0.4, -0.2) is 7.11 Å². The average molecular weight is 243 g/mol. The molecular formula is C13H13N3O2. The Morgan fingerprint density at radius 1 is 0.778 bits per heavy atom. The summed E-state index contributed by atoms with van der Waals surface area (Å²) in [6.45, 7) is 0. The number of nitrogens with zero attached hydrogens (tertiary/aromatic N) is 2. The first-order valence-corrected chi connectivity index (χ1v) is 5.34. The van der Waals surface area contributed by atoms with Gasteiger partial charge < -0.3 is 9.57 Å². The van der Waals surface area contributed by atoms with Crippen LogP contribution in [0.25, 0.3) is 0 Å². The third-order valence-corrected chi connectivity index (χ3v) is 2.33. The molecule has 0 radical (unpaired) electrons. The van der Waals surface area contributed by atoms with Crippen LogP contribution in [0.15, 0.2) is 58.8 Å². The van der Waals surface area contributed by atoms with E-state index in [1.807, 2.05) is 24.3 Å². The molecule has 0 spiro atoms. The Morgan fingerprint density at radius 2 is 1.22 bits per heavy atom. The standard InChI is InChI=1S/C13H13N3O2/c1-17-12-6-2-10(3-7-12)15-16-11-4-8-13(18-14)9-5-11/h2-9H,14H2,1H3/b16-15-. The molecule has 92 valence electrons. The zero-order chi connectivity index (χ0) is 12.8. The molecule has 0 saturated carbocycles. The van der Waals surface area contributed by atoms with Gasteiger partial charge in [-0.2, -0.15) is 16.1 Å². The van der Waals surface area contributed by atoms with E-state index in [4.69, 9.17) is 10.6 Å². The van der Waals surface area contributed by atoms with E-state index in [9.17, 15) is 0 Å². The molecule has 0 unspecified atom stereocenters. The highest BCUT2D eigenvalue weighted by atomic mass is 16.6. The van der Waals surface area contributed by atoms with Gasteiger partial charge in [-0.1, -0.05) is 0 Å².